The molecule has 150 valence electrons. The van der Waals surface area contributed by atoms with Gasteiger partial charge >= 0.3 is 5.97 Å². The van der Waals surface area contributed by atoms with Gasteiger partial charge in [0.15, 0.2) is 11.5 Å². The van der Waals surface area contributed by atoms with Gasteiger partial charge in [-0.05, 0) is 51.5 Å². The molecule has 0 saturated heterocycles. The van der Waals surface area contributed by atoms with E-state index >= 15 is 0 Å². The molecule has 1 heterocycles. The number of esters is 1. The first kappa shape index (κ1) is 21.2. The molecule has 1 aromatic carbocycles. The van der Waals surface area contributed by atoms with Crippen LogP contribution in [0.5, 0.6) is 17.2 Å². The minimum absolute atomic E-state index is 0.227. The summed E-state index contributed by atoms with van der Waals surface area (Å²) in [6.45, 7) is 8.04. The number of nitrogens with zero attached hydrogens (tertiary/aromatic N) is 2. The summed E-state index contributed by atoms with van der Waals surface area (Å²) in [5.41, 5.74) is 4.04. The monoisotopic (exact) mass is 386 g/mol. The highest BCUT2D eigenvalue weighted by Crippen LogP contribution is 2.39. The van der Waals surface area contributed by atoms with Crippen LogP contribution in [0.15, 0.2) is 18.2 Å². The maximum absolute atomic E-state index is 11.5. The van der Waals surface area contributed by atoms with Gasteiger partial charge in [-0.2, -0.15) is 0 Å². The number of aromatic nitrogens is 2. The lowest BCUT2D eigenvalue weighted by molar-refractivity contribution is -0.137. The van der Waals surface area contributed by atoms with Crippen molar-refractivity contribution in [3.8, 4) is 17.2 Å². The second-order valence-electron chi connectivity index (χ2n) is 6.06. The topological polar surface area (TPSA) is 79.8 Å². The van der Waals surface area contributed by atoms with E-state index < -0.39 is 5.97 Å². The summed E-state index contributed by atoms with van der Waals surface area (Å²) in [4.78, 5) is 20.6. The number of hydrogen-bond donors (Lipinski definition) is 0. The van der Waals surface area contributed by atoms with Crippen molar-refractivity contribution in [2.75, 3.05) is 20.8 Å². The highest BCUT2D eigenvalue weighted by Gasteiger charge is 2.15. The number of rotatable bonds is 8. The number of methoxy groups -OCH3 is 2. The highest BCUT2D eigenvalue weighted by molar-refractivity contribution is 5.87. The average molecular weight is 386 g/mol. The minimum Gasteiger partial charge on any atom is -0.493 e. The predicted octanol–water partition coefficient (Wildman–Crippen LogP) is 3.57. The molecule has 0 saturated carbocycles. The Kier molecular flexibility index (Phi) is 7.37. The van der Waals surface area contributed by atoms with Crippen molar-refractivity contribution in [2.24, 2.45) is 0 Å². The third kappa shape index (κ3) is 5.22. The lowest BCUT2D eigenvalue weighted by Crippen LogP contribution is -2.07. The minimum atomic E-state index is -0.412. The SMILES string of the molecule is CCOC(=O)/C=C/c1cc(OC)c(OCc2nc(C)c(C)nc2C)c(OC)c1. The Morgan fingerprint density at radius 1 is 1.00 bits per heavy atom. The lowest BCUT2D eigenvalue weighted by Gasteiger charge is -2.16. The summed E-state index contributed by atoms with van der Waals surface area (Å²) in [5, 5.41) is 0. The number of ether oxygens (including phenoxy) is 4. The van der Waals surface area contributed by atoms with Gasteiger partial charge in [0.25, 0.3) is 0 Å². The Morgan fingerprint density at radius 2 is 1.61 bits per heavy atom. The van der Waals surface area contributed by atoms with E-state index in [2.05, 4.69) is 9.97 Å². The number of benzene rings is 1. The fourth-order valence-corrected chi connectivity index (χ4v) is 2.53. The molecule has 1 aromatic heterocycles. The fraction of sp³-hybridized carbons (Fsp3) is 0.381. The molecule has 0 aliphatic rings. The van der Waals surface area contributed by atoms with Crippen LogP contribution >= 0.6 is 0 Å². The summed E-state index contributed by atoms with van der Waals surface area (Å²) in [6.07, 6.45) is 2.98. The summed E-state index contributed by atoms with van der Waals surface area (Å²) < 4.78 is 21.8. The molecule has 2 aromatic rings. The summed E-state index contributed by atoms with van der Waals surface area (Å²) >= 11 is 0. The molecule has 0 aliphatic carbocycles. The molecule has 0 atom stereocenters. The zero-order valence-electron chi connectivity index (χ0n) is 17.2. The van der Waals surface area contributed by atoms with Gasteiger partial charge < -0.3 is 18.9 Å². The number of carbonyl (C=O) groups is 1. The van der Waals surface area contributed by atoms with Gasteiger partial charge in [0.2, 0.25) is 5.75 Å². The van der Waals surface area contributed by atoms with Crippen LogP contribution in [0.2, 0.25) is 0 Å². The normalized spacial score (nSPS) is 10.8. The molecule has 28 heavy (non-hydrogen) atoms. The van der Waals surface area contributed by atoms with Crippen molar-refractivity contribution in [3.63, 3.8) is 0 Å². The molecule has 0 amide bonds. The van der Waals surface area contributed by atoms with Gasteiger partial charge in [-0.15, -0.1) is 0 Å². The lowest BCUT2D eigenvalue weighted by atomic mass is 10.1. The molecule has 0 fully saturated rings. The van der Waals surface area contributed by atoms with Crippen molar-refractivity contribution < 1.29 is 23.7 Å². The van der Waals surface area contributed by atoms with Gasteiger partial charge in [-0.1, -0.05) is 0 Å². The second-order valence-corrected chi connectivity index (χ2v) is 6.06. The number of carbonyl (C=O) groups excluding carboxylic acids is 1. The van der Waals surface area contributed by atoms with Crippen molar-refractivity contribution in [3.05, 3.63) is 46.5 Å². The molecule has 0 spiro atoms. The van der Waals surface area contributed by atoms with E-state index in [-0.39, 0.29) is 6.61 Å². The van der Waals surface area contributed by atoms with Crippen LogP contribution in [-0.4, -0.2) is 36.8 Å². The average Bonchev–Trinajstić information content (AvgIpc) is 2.68. The molecule has 7 nitrogen and oxygen atoms in total. The summed E-state index contributed by atoms with van der Waals surface area (Å²) in [6, 6.07) is 3.51. The van der Waals surface area contributed by atoms with Crippen LogP contribution in [0.4, 0.5) is 0 Å². The molecule has 2 rings (SSSR count). The van der Waals surface area contributed by atoms with Crippen LogP contribution in [0.3, 0.4) is 0 Å². The second kappa shape index (κ2) is 9.73. The largest absolute Gasteiger partial charge is 0.493 e. The number of hydrogen-bond acceptors (Lipinski definition) is 7. The van der Waals surface area contributed by atoms with E-state index in [4.69, 9.17) is 18.9 Å². The molecular formula is C21H26N2O5. The zero-order chi connectivity index (χ0) is 20.7. The summed E-state index contributed by atoms with van der Waals surface area (Å²) in [7, 11) is 3.09. The maximum atomic E-state index is 11.5. The van der Waals surface area contributed by atoms with E-state index in [1.165, 1.54) is 6.08 Å². The highest BCUT2D eigenvalue weighted by atomic mass is 16.5. The van der Waals surface area contributed by atoms with Crippen LogP contribution in [-0.2, 0) is 16.1 Å². The molecule has 0 bridgehead atoms. The first-order valence-electron chi connectivity index (χ1n) is 8.93. The molecule has 7 heteroatoms. The standard InChI is InChI=1S/C21H26N2O5/c1-7-27-20(24)9-8-16-10-18(25-5)21(19(11-16)26-6)28-12-17-15(4)22-13(2)14(3)23-17/h8-11H,7,12H2,1-6H3/b9-8+. The Labute approximate surface area is 165 Å². The fourth-order valence-electron chi connectivity index (χ4n) is 2.53. The third-order valence-electron chi connectivity index (χ3n) is 4.11. The molecule has 0 N–H and O–H groups in total. The smallest absolute Gasteiger partial charge is 0.330 e. The van der Waals surface area contributed by atoms with E-state index in [1.54, 1.807) is 39.4 Å². The van der Waals surface area contributed by atoms with Crippen LogP contribution in [0, 0.1) is 20.8 Å². The van der Waals surface area contributed by atoms with E-state index in [0.29, 0.717) is 23.9 Å². The number of aryl methyl sites for hydroxylation is 3. The predicted molar refractivity (Wildman–Crippen MR) is 106 cm³/mol. The molecule has 0 aliphatic heterocycles. The third-order valence-corrected chi connectivity index (χ3v) is 4.11. The molecule has 0 radical (unpaired) electrons. The van der Waals surface area contributed by atoms with Gasteiger partial charge in [0, 0.05) is 6.08 Å². The van der Waals surface area contributed by atoms with Crippen LogP contribution in [0.1, 0.15) is 35.3 Å². The molecular weight excluding hydrogens is 360 g/mol. The zero-order valence-corrected chi connectivity index (χ0v) is 17.2. The van der Waals surface area contributed by atoms with Gasteiger partial charge in [-0.3, -0.25) is 9.97 Å². The Hall–Kier alpha value is -3.09. The van der Waals surface area contributed by atoms with Gasteiger partial charge in [0.05, 0.1) is 43.6 Å². The van der Waals surface area contributed by atoms with E-state index in [0.717, 1.165) is 28.3 Å². The van der Waals surface area contributed by atoms with Gasteiger partial charge in [0.1, 0.15) is 6.61 Å². The van der Waals surface area contributed by atoms with Gasteiger partial charge in [-0.25, -0.2) is 4.79 Å². The van der Waals surface area contributed by atoms with E-state index in [1.807, 2.05) is 20.8 Å². The first-order valence-corrected chi connectivity index (χ1v) is 8.93. The van der Waals surface area contributed by atoms with Crippen molar-refractivity contribution in [1.82, 2.24) is 9.97 Å². The van der Waals surface area contributed by atoms with E-state index in [9.17, 15) is 4.79 Å². The Morgan fingerprint density at radius 3 is 2.18 bits per heavy atom. The van der Waals surface area contributed by atoms with Crippen LogP contribution in [0.25, 0.3) is 6.08 Å². The maximum Gasteiger partial charge on any atom is 0.330 e. The van der Waals surface area contributed by atoms with Crippen molar-refractivity contribution >= 4 is 12.0 Å². The Bertz CT molecular complexity index is 852. The Balaban J connectivity index is 2.29. The van der Waals surface area contributed by atoms with Crippen molar-refractivity contribution in [1.29, 1.82) is 0 Å². The quantitative estimate of drug-likeness (QED) is 0.507. The summed E-state index contributed by atoms with van der Waals surface area (Å²) in [5.74, 6) is 1.01. The molecule has 0 unspecified atom stereocenters. The van der Waals surface area contributed by atoms with Crippen molar-refractivity contribution in [2.45, 2.75) is 34.3 Å². The first-order chi connectivity index (χ1) is 13.4. The van der Waals surface area contributed by atoms with Crippen LogP contribution < -0.4 is 14.2 Å².